The van der Waals surface area contributed by atoms with Crippen LogP contribution in [0.1, 0.15) is 20.8 Å². The molecule has 3 N–H and O–H groups in total. The van der Waals surface area contributed by atoms with Gasteiger partial charge in [0.25, 0.3) is 0 Å². The number of nitrogens with one attached hydrogen (secondary N) is 1. The van der Waals surface area contributed by atoms with Crippen LogP contribution in [-0.2, 0) is 4.79 Å². The maximum absolute atomic E-state index is 12.9. The Morgan fingerprint density at radius 1 is 1.38 bits per heavy atom. The van der Waals surface area contributed by atoms with Gasteiger partial charge in [-0.2, -0.15) is 0 Å². The highest BCUT2D eigenvalue weighted by atomic mass is 19.1. The van der Waals surface area contributed by atoms with Crippen LogP contribution < -0.4 is 11.1 Å². The van der Waals surface area contributed by atoms with E-state index in [1.165, 1.54) is 18.2 Å². The number of hydrogen-bond acceptors (Lipinski definition) is 2. The summed E-state index contributed by atoms with van der Waals surface area (Å²) in [5.41, 5.74) is 5.97. The van der Waals surface area contributed by atoms with E-state index >= 15 is 0 Å². The number of nitrogen functional groups attached to an aromatic ring is 1. The van der Waals surface area contributed by atoms with Crippen molar-refractivity contribution in [1.82, 2.24) is 0 Å². The van der Waals surface area contributed by atoms with Gasteiger partial charge < -0.3 is 11.1 Å². The van der Waals surface area contributed by atoms with Crippen molar-refractivity contribution in [1.29, 1.82) is 0 Å². The lowest BCUT2D eigenvalue weighted by molar-refractivity contribution is -0.120. The van der Waals surface area contributed by atoms with Crippen LogP contribution in [0.2, 0.25) is 0 Å². The number of nitrogens with two attached hydrogens (primary N) is 1. The topological polar surface area (TPSA) is 55.1 Å². The molecule has 0 bridgehead atoms. The maximum atomic E-state index is 12.9. The predicted octanol–water partition coefficient (Wildman–Crippen LogP) is 2.64. The summed E-state index contributed by atoms with van der Waals surface area (Å²) in [6, 6.07) is 4.15. The lowest BCUT2D eigenvalue weighted by Gasteiger charge is -2.15. The maximum Gasteiger partial charge on any atom is 0.227 e. The summed E-state index contributed by atoms with van der Waals surface area (Å²) < 4.78 is 12.9. The van der Waals surface area contributed by atoms with Gasteiger partial charge in [-0.3, -0.25) is 4.79 Å². The van der Waals surface area contributed by atoms with Crippen molar-refractivity contribution in [2.75, 3.05) is 11.1 Å². The van der Waals surface area contributed by atoms with Gasteiger partial charge in [-0.25, -0.2) is 4.39 Å². The lowest BCUT2D eigenvalue weighted by Crippen LogP contribution is -2.24. The fraction of sp³-hybridized carbons (Fsp3) is 0.417. The number of hydrogen-bond donors (Lipinski definition) is 2. The van der Waals surface area contributed by atoms with E-state index in [4.69, 9.17) is 5.73 Å². The fourth-order valence-corrected chi connectivity index (χ4v) is 1.18. The Bertz CT molecular complexity index is 391. The van der Waals surface area contributed by atoms with Gasteiger partial charge in [0.15, 0.2) is 0 Å². The zero-order valence-electron chi connectivity index (χ0n) is 9.75. The summed E-state index contributed by atoms with van der Waals surface area (Å²) in [6.45, 7) is 5.80. The molecule has 88 valence electrons. The average molecular weight is 224 g/mol. The molecule has 1 aromatic rings. The summed E-state index contributed by atoms with van der Waals surface area (Å²) in [5.74, 6) is -0.389. The minimum Gasteiger partial charge on any atom is -0.396 e. The quantitative estimate of drug-likeness (QED) is 0.775. The van der Waals surface area contributed by atoms with Crippen LogP contribution in [0.25, 0.3) is 0 Å². The Morgan fingerprint density at radius 2 is 2.00 bits per heavy atom. The molecule has 4 heteroatoms. The van der Waals surface area contributed by atoms with Crippen LogP contribution in [-0.4, -0.2) is 5.91 Å². The zero-order valence-corrected chi connectivity index (χ0v) is 9.75. The fourth-order valence-electron chi connectivity index (χ4n) is 1.18. The van der Waals surface area contributed by atoms with Crippen molar-refractivity contribution in [2.45, 2.75) is 20.8 Å². The largest absolute Gasteiger partial charge is 0.396 e. The van der Waals surface area contributed by atoms with Crippen molar-refractivity contribution in [3.8, 4) is 0 Å². The second-order valence-corrected chi connectivity index (χ2v) is 4.26. The van der Waals surface area contributed by atoms with E-state index in [9.17, 15) is 9.18 Å². The first kappa shape index (κ1) is 12.5. The molecule has 1 rings (SSSR count). The number of amides is 1. The van der Waals surface area contributed by atoms with Crippen molar-refractivity contribution >= 4 is 17.3 Å². The second kappa shape index (κ2) is 4.96. The molecule has 0 saturated heterocycles. The molecule has 0 heterocycles. The van der Waals surface area contributed by atoms with Crippen molar-refractivity contribution in [3.05, 3.63) is 24.0 Å². The molecule has 1 aromatic carbocycles. The molecule has 0 aliphatic carbocycles. The third-order valence-electron chi connectivity index (χ3n) is 2.68. The van der Waals surface area contributed by atoms with Gasteiger partial charge in [-0.1, -0.05) is 20.8 Å². The van der Waals surface area contributed by atoms with Crippen molar-refractivity contribution in [3.63, 3.8) is 0 Å². The van der Waals surface area contributed by atoms with Crippen LogP contribution >= 0.6 is 0 Å². The molecule has 1 unspecified atom stereocenters. The first-order chi connectivity index (χ1) is 7.41. The zero-order chi connectivity index (χ0) is 12.3. The van der Waals surface area contributed by atoms with Crippen LogP contribution in [0.3, 0.4) is 0 Å². The normalized spacial score (nSPS) is 12.6. The van der Waals surface area contributed by atoms with E-state index < -0.39 is 5.82 Å². The summed E-state index contributed by atoms with van der Waals surface area (Å²) >= 11 is 0. The molecule has 0 spiro atoms. The monoisotopic (exact) mass is 224 g/mol. The SMILES string of the molecule is CC(C)C(C)C(=O)Nc1ccc(F)c(N)c1. The molecule has 0 aliphatic heterocycles. The van der Waals surface area contributed by atoms with E-state index in [-0.39, 0.29) is 23.4 Å². The van der Waals surface area contributed by atoms with Gasteiger partial charge in [-0.15, -0.1) is 0 Å². The van der Waals surface area contributed by atoms with E-state index in [1.54, 1.807) is 0 Å². The summed E-state index contributed by atoms with van der Waals surface area (Å²) in [4.78, 5) is 11.7. The Labute approximate surface area is 94.8 Å². The van der Waals surface area contributed by atoms with Gasteiger partial charge >= 0.3 is 0 Å². The summed E-state index contributed by atoms with van der Waals surface area (Å²) in [5, 5.41) is 2.71. The molecule has 0 fully saturated rings. The predicted molar refractivity (Wildman–Crippen MR) is 63.4 cm³/mol. The minimum atomic E-state index is -0.477. The Balaban J connectivity index is 2.74. The number of carbonyl (C=O) groups excluding carboxylic acids is 1. The van der Waals surface area contributed by atoms with Crippen molar-refractivity contribution in [2.24, 2.45) is 11.8 Å². The van der Waals surface area contributed by atoms with Gasteiger partial charge in [0.2, 0.25) is 5.91 Å². The highest BCUT2D eigenvalue weighted by Crippen LogP contribution is 2.18. The molecule has 0 saturated carbocycles. The van der Waals surface area contributed by atoms with Crippen molar-refractivity contribution < 1.29 is 9.18 Å². The van der Waals surface area contributed by atoms with Gasteiger partial charge in [-0.05, 0) is 24.1 Å². The molecular weight excluding hydrogens is 207 g/mol. The number of carbonyl (C=O) groups is 1. The molecule has 16 heavy (non-hydrogen) atoms. The third kappa shape index (κ3) is 2.95. The third-order valence-corrected chi connectivity index (χ3v) is 2.68. The van der Waals surface area contributed by atoms with E-state index in [2.05, 4.69) is 5.32 Å². The Hall–Kier alpha value is -1.58. The summed E-state index contributed by atoms with van der Waals surface area (Å²) in [6.07, 6.45) is 0. The standard InChI is InChI=1S/C12H17FN2O/c1-7(2)8(3)12(16)15-9-4-5-10(13)11(14)6-9/h4-8H,14H2,1-3H3,(H,15,16). The second-order valence-electron chi connectivity index (χ2n) is 4.26. The van der Waals surface area contributed by atoms with E-state index in [0.29, 0.717) is 5.69 Å². The van der Waals surface area contributed by atoms with Crippen LogP contribution in [0.5, 0.6) is 0 Å². The molecule has 0 aliphatic rings. The van der Waals surface area contributed by atoms with Gasteiger partial charge in [0.1, 0.15) is 5.82 Å². The number of benzene rings is 1. The molecule has 0 aromatic heterocycles. The molecular formula is C12H17FN2O. The number of anilines is 2. The highest BCUT2D eigenvalue weighted by Gasteiger charge is 2.16. The number of halogens is 1. The van der Waals surface area contributed by atoms with E-state index in [1.807, 2.05) is 20.8 Å². The molecule has 3 nitrogen and oxygen atoms in total. The van der Waals surface area contributed by atoms with Crippen LogP contribution in [0, 0.1) is 17.7 Å². The molecule has 1 amide bonds. The Morgan fingerprint density at radius 3 is 2.50 bits per heavy atom. The lowest BCUT2D eigenvalue weighted by atomic mass is 9.97. The van der Waals surface area contributed by atoms with Gasteiger partial charge in [0, 0.05) is 11.6 Å². The molecule has 1 atom stereocenters. The average Bonchev–Trinajstić information content (AvgIpc) is 2.22. The van der Waals surface area contributed by atoms with E-state index in [0.717, 1.165) is 0 Å². The first-order valence-corrected chi connectivity index (χ1v) is 5.27. The smallest absolute Gasteiger partial charge is 0.227 e. The van der Waals surface area contributed by atoms with Crippen LogP contribution in [0.15, 0.2) is 18.2 Å². The van der Waals surface area contributed by atoms with Crippen LogP contribution in [0.4, 0.5) is 15.8 Å². The number of rotatable bonds is 3. The first-order valence-electron chi connectivity index (χ1n) is 5.27. The van der Waals surface area contributed by atoms with Gasteiger partial charge in [0.05, 0.1) is 5.69 Å². The minimum absolute atomic E-state index is 0.0370. The Kier molecular flexibility index (Phi) is 3.88. The highest BCUT2D eigenvalue weighted by molar-refractivity contribution is 5.92. The summed E-state index contributed by atoms with van der Waals surface area (Å²) in [7, 11) is 0. The molecule has 0 radical (unpaired) electrons.